The molecule has 8 heteroatoms. The Hall–Kier alpha value is -0.990. The fourth-order valence-electron chi connectivity index (χ4n) is 2.83. The summed E-state index contributed by atoms with van der Waals surface area (Å²) in [7, 11) is 0. The molecule has 0 aromatic carbocycles. The Morgan fingerprint density at radius 3 is 2.74 bits per heavy atom. The van der Waals surface area contributed by atoms with E-state index in [9.17, 15) is 4.79 Å². The predicted octanol–water partition coefficient (Wildman–Crippen LogP) is 4.15. The maximum absolute atomic E-state index is 13.1. The molecule has 2 aromatic heterocycles. The van der Waals surface area contributed by atoms with Crippen LogP contribution in [0.5, 0.6) is 0 Å². The van der Waals surface area contributed by atoms with E-state index < -0.39 is 0 Å². The number of amides is 1. The molecule has 0 saturated heterocycles. The summed E-state index contributed by atoms with van der Waals surface area (Å²) < 4.78 is 0.853. The summed E-state index contributed by atoms with van der Waals surface area (Å²) in [4.78, 5) is 19.4. The first kappa shape index (κ1) is 16.9. The number of rotatable bonds is 5. The highest BCUT2D eigenvalue weighted by Crippen LogP contribution is 2.33. The third-order valence-corrected chi connectivity index (χ3v) is 6.72. The third kappa shape index (κ3) is 4.10. The first-order valence-electron chi connectivity index (χ1n) is 7.84. The van der Waals surface area contributed by atoms with Gasteiger partial charge in [-0.3, -0.25) is 9.69 Å². The molecule has 1 unspecified atom stereocenters. The minimum atomic E-state index is -0.187. The summed E-state index contributed by atoms with van der Waals surface area (Å²) in [5.74, 6) is 0.129. The van der Waals surface area contributed by atoms with Crippen LogP contribution in [-0.4, -0.2) is 32.4 Å². The molecule has 23 heavy (non-hydrogen) atoms. The van der Waals surface area contributed by atoms with Gasteiger partial charge in [0.25, 0.3) is 0 Å². The lowest BCUT2D eigenvalue weighted by Gasteiger charge is -2.33. The van der Waals surface area contributed by atoms with Gasteiger partial charge in [0, 0.05) is 17.6 Å². The summed E-state index contributed by atoms with van der Waals surface area (Å²) in [6, 6.07) is 0.279. The zero-order valence-electron chi connectivity index (χ0n) is 13.3. The molecule has 3 rings (SSSR count). The van der Waals surface area contributed by atoms with Gasteiger partial charge < -0.3 is 0 Å². The molecule has 0 radical (unpaired) electrons. The van der Waals surface area contributed by atoms with E-state index in [-0.39, 0.29) is 17.2 Å². The van der Waals surface area contributed by atoms with Crippen LogP contribution in [0.1, 0.15) is 44.0 Å². The zero-order valence-corrected chi connectivity index (χ0v) is 15.7. The van der Waals surface area contributed by atoms with Gasteiger partial charge >= 0.3 is 0 Å². The second kappa shape index (κ2) is 7.72. The molecule has 1 aliphatic rings. The van der Waals surface area contributed by atoms with Crippen LogP contribution in [-0.2, 0) is 4.79 Å². The second-order valence-corrected chi connectivity index (χ2v) is 9.30. The van der Waals surface area contributed by atoms with Crippen molar-refractivity contribution in [3.8, 4) is 0 Å². The van der Waals surface area contributed by atoms with Gasteiger partial charge in [-0.15, -0.1) is 21.5 Å². The van der Waals surface area contributed by atoms with Gasteiger partial charge in [-0.25, -0.2) is 4.98 Å². The number of carbonyl (C=O) groups is 1. The van der Waals surface area contributed by atoms with E-state index in [2.05, 4.69) is 15.2 Å². The van der Waals surface area contributed by atoms with Crippen LogP contribution in [0.3, 0.4) is 0 Å². The van der Waals surface area contributed by atoms with Crippen molar-refractivity contribution in [2.24, 2.45) is 0 Å². The maximum atomic E-state index is 13.1. The number of nitrogens with zero attached hydrogens (tertiary/aromatic N) is 4. The Morgan fingerprint density at radius 2 is 2.13 bits per heavy atom. The van der Waals surface area contributed by atoms with Gasteiger partial charge in [-0.2, -0.15) is 0 Å². The maximum Gasteiger partial charge on any atom is 0.242 e. The van der Waals surface area contributed by atoms with Crippen molar-refractivity contribution in [3.05, 3.63) is 16.6 Å². The highest BCUT2D eigenvalue weighted by Gasteiger charge is 2.32. The van der Waals surface area contributed by atoms with Crippen molar-refractivity contribution >= 4 is 45.5 Å². The first-order chi connectivity index (χ1) is 11.1. The minimum Gasteiger partial charge on any atom is -0.284 e. The van der Waals surface area contributed by atoms with Crippen molar-refractivity contribution in [1.29, 1.82) is 0 Å². The summed E-state index contributed by atoms with van der Waals surface area (Å²) >= 11 is 4.57. The van der Waals surface area contributed by atoms with Crippen LogP contribution >= 0.6 is 34.4 Å². The highest BCUT2D eigenvalue weighted by molar-refractivity contribution is 8.02. The van der Waals surface area contributed by atoms with Crippen LogP contribution in [0.4, 0.5) is 5.13 Å². The Bertz CT molecular complexity index is 637. The average molecular weight is 369 g/mol. The fourth-order valence-corrected chi connectivity index (χ4v) is 5.55. The molecule has 124 valence electrons. The van der Waals surface area contributed by atoms with Crippen LogP contribution < -0.4 is 4.90 Å². The van der Waals surface area contributed by atoms with Crippen LogP contribution in [0.15, 0.2) is 15.9 Å². The molecule has 0 spiro atoms. The van der Waals surface area contributed by atoms with Crippen LogP contribution in [0, 0.1) is 6.92 Å². The van der Waals surface area contributed by atoms with Crippen molar-refractivity contribution < 1.29 is 4.79 Å². The third-order valence-electron chi connectivity index (χ3n) is 3.94. The Morgan fingerprint density at radius 1 is 1.35 bits per heavy atom. The number of hydrogen-bond donors (Lipinski definition) is 0. The lowest BCUT2D eigenvalue weighted by Crippen LogP contribution is -2.45. The summed E-state index contributed by atoms with van der Waals surface area (Å²) in [6.45, 7) is 3.88. The standard InChI is InChI=1S/C15H20N4OS3/c1-10(22-15-18-17-11(2)23-15)13(20)19(14-16-8-9-21-14)12-6-4-3-5-7-12/h8-10,12H,3-7H2,1-2H3. The molecule has 0 aliphatic heterocycles. The number of anilines is 1. The Kier molecular flexibility index (Phi) is 5.66. The van der Waals surface area contributed by atoms with E-state index in [0.29, 0.717) is 0 Å². The molecular formula is C15H20N4OS3. The molecule has 1 aliphatic carbocycles. The molecular weight excluding hydrogens is 348 g/mol. The van der Waals surface area contributed by atoms with Gasteiger partial charge in [0.05, 0.1) is 5.25 Å². The molecule has 0 N–H and O–H groups in total. The number of thiazole rings is 1. The second-order valence-electron chi connectivity index (χ2n) is 5.66. The SMILES string of the molecule is Cc1nnc(SC(C)C(=O)N(c2nccs2)C2CCCCC2)s1. The molecule has 1 atom stereocenters. The van der Waals surface area contributed by atoms with E-state index in [1.54, 1.807) is 17.5 Å². The average Bonchev–Trinajstić information content (AvgIpc) is 3.21. The number of aryl methyl sites for hydroxylation is 1. The normalized spacial score (nSPS) is 17.1. The molecule has 2 aromatic rings. The molecule has 0 bridgehead atoms. The Labute approximate surface area is 148 Å². The van der Waals surface area contributed by atoms with Crippen molar-refractivity contribution in [2.75, 3.05) is 4.90 Å². The number of hydrogen-bond acceptors (Lipinski definition) is 7. The fraction of sp³-hybridized carbons (Fsp3) is 0.600. The van der Waals surface area contributed by atoms with E-state index in [4.69, 9.17) is 0 Å². The zero-order chi connectivity index (χ0) is 16.2. The van der Waals surface area contributed by atoms with Gasteiger partial charge in [-0.1, -0.05) is 42.4 Å². The van der Waals surface area contributed by atoms with E-state index >= 15 is 0 Å². The Balaban J connectivity index is 1.76. The highest BCUT2D eigenvalue weighted by atomic mass is 32.2. The van der Waals surface area contributed by atoms with E-state index in [1.165, 1.54) is 42.4 Å². The molecule has 1 saturated carbocycles. The monoisotopic (exact) mass is 368 g/mol. The lowest BCUT2D eigenvalue weighted by molar-refractivity contribution is -0.118. The number of carbonyl (C=O) groups excluding carboxylic acids is 1. The largest absolute Gasteiger partial charge is 0.284 e. The van der Waals surface area contributed by atoms with E-state index in [1.807, 2.05) is 24.1 Å². The van der Waals surface area contributed by atoms with Gasteiger partial charge in [-0.05, 0) is 26.7 Å². The van der Waals surface area contributed by atoms with Crippen LogP contribution in [0.2, 0.25) is 0 Å². The minimum absolute atomic E-state index is 0.129. The van der Waals surface area contributed by atoms with E-state index in [0.717, 1.165) is 27.3 Å². The molecule has 1 fully saturated rings. The smallest absolute Gasteiger partial charge is 0.242 e. The van der Waals surface area contributed by atoms with Gasteiger partial charge in [0.15, 0.2) is 9.47 Å². The van der Waals surface area contributed by atoms with Gasteiger partial charge in [0.1, 0.15) is 5.01 Å². The van der Waals surface area contributed by atoms with Crippen molar-refractivity contribution in [3.63, 3.8) is 0 Å². The number of thioether (sulfide) groups is 1. The topological polar surface area (TPSA) is 59.0 Å². The van der Waals surface area contributed by atoms with Crippen molar-refractivity contribution in [2.45, 2.75) is 61.6 Å². The number of aromatic nitrogens is 3. The summed E-state index contributed by atoms with van der Waals surface area (Å²) in [5, 5.41) is 11.6. The first-order valence-corrected chi connectivity index (χ1v) is 10.4. The quantitative estimate of drug-likeness (QED) is 0.742. The van der Waals surface area contributed by atoms with Crippen LogP contribution in [0.25, 0.3) is 0 Å². The molecule has 2 heterocycles. The predicted molar refractivity (Wildman–Crippen MR) is 96.4 cm³/mol. The van der Waals surface area contributed by atoms with Gasteiger partial charge in [0.2, 0.25) is 5.91 Å². The molecule has 5 nitrogen and oxygen atoms in total. The lowest BCUT2D eigenvalue weighted by atomic mass is 9.94. The summed E-state index contributed by atoms with van der Waals surface area (Å²) in [6.07, 6.45) is 7.56. The van der Waals surface area contributed by atoms with Crippen molar-refractivity contribution in [1.82, 2.24) is 15.2 Å². The summed E-state index contributed by atoms with van der Waals surface area (Å²) in [5.41, 5.74) is 0. The molecule has 1 amide bonds.